The van der Waals surface area contributed by atoms with Crippen LogP contribution < -0.4 is 0 Å². The van der Waals surface area contributed by atoms with Crippen molar-refractivity contribution >= 4 is 17.9 Å². The Morgan fingerprint density at radius 2 is 0.562 bits per heavy atom. The lowest BCUT2D eigenvalue weighted by molar-refractivity contribution is -0.166. The van der Waals surface area contributed by atoms with E-state index < -0.39 is 12.1 Å². The third-order valence-corrected chi connectivity index (χ3v) is 12.5. The minimum Gasteiger partial charge on any atom is -0.462 e. The smallest absolute Gasteiger partial charge is 0.306 e. The highest BCUT2D eigenvalue weighted by Crippen LogP contribution is 2.16. The molecule has 0 aromatic rings. The largest absolute Gasteiger partial charge is 0.462 e. The van der Waals surface area contributed by atoms with Crippen LogP contribution in [0.15, 0.2) is 122 Å². The van der Waals surface area contributed by atoms with Crippen molar-refractivity contribution in [3.05, 3.63) is 122 Å². The summed E-state index contributed by atoms with van der Waals surface area (Å²) in [5.74, 6) is -1.10. The summed E-state index contributed by atoms with van der Waals surface area (Å²) >= 11 is 0. The Bertz CT molecular complexity index is 1540. The van der Waals surface area contributed by atoms with Gasteiger partial charge in [-0.3, -0.25) is 14.4 Å². The summed E-state index contributed by atoms with van der Waals surface area (Å²) in [7, 11) is 0. The van der Waals surface area contributed by atoms with Crippen molar-refractivity contribution in [2.24, 2.45) is 0 Å². The zero-order valence-corrected chi connectivity index (χ0v) is 47.4. The number of hydrogen-bond donors (Lipinski definition) is 0. The number of unbranched alkanes of at least 4 members (excludes halogenated alkanes) is 22. The molecule has 414 valence electrons. The Hall–Kier alpha value is -4.19. The molecule has 0 saturated heterocycles. The molecule has 0 rings (SSSR count). The van der Waals surface area contributed by atoms with Crippen LogP contribution >= 0.6 is 0 Å². The molecule has 0 bridgehead atoms. The van der Waals surface area contributed by atoms with Gasteiger partial charge in [-0.15, -0.1) is 0 Å². The predicted molar refractivity (Wildman–Crippen MR) is 316 cm³/mol. The number of carbonyl (C=O) groups excluding carboxylic acids is 3. The van der Waals surface area contributed by atoms with Crippen LogP contribution in [0.2, 0.25) is 0 Å². The molecule has 0 radical (unpaired) electrons. The van der Waals surface area contributed by atoms with Gasteiger partial charge in [0.1, 0.15) is 13.2 Å². The summed E-state index contributed by atoms with van der Waals surface area (Å²) in [6.45, 7) is 6.27. The van der Waals surface area contributed by atoms with Gasteiger partial charge in [-0.25, -0.2) is 0 Å². The van der Waals surface area contributed by atoms with E-state index in [1.54, 1.807) is 0 Å². The van der Waals surface area contributed by atoms with Crippen molar-refractivity contribution in [2.75, 3.05) is 13.2 Å². The molecular weight excluding hydrogens is 901 g/mol. The van der Waals surface area contributed by atoms with Crippen LogP contribution in [0.1, 0.15) is 265 Å². The SMILES string of the molecule is CC/C=C\C/C=C\C/C=C\C/C=C\CCC(=O)OCC(COC(=O)CCCCCCCCCCCCCCCCCCC/C=C\C/C=C\CCCCCCC)OC(=O)CC/C=C\C/C=C\C/C=C\C/C=C\CC. The highest BCUT2D eigenvalue weighted by Gasteiger charge is 2.19. The number of hydrogen-bond acceptors (Lipinski definition) is 6. The average Bonchev–Trinajstić information content (AvgIpc) is 3.39. The molecule has 1 atom stereocenters. The first-order valence-electron chi connectivity index (χ1n) is 30.0. The molecule has 0 aliphatic heterocycles. The number of rotatable bonds is 53. The highest BCUT2D eigenvalue weighted by molar-refractivity contribution is 5.71. The molecule has 1 unspecified atom stereocenters. The minimum atomic E-state index is -0.847. The summed E-state index contributed by atoms with van der Waals surface area (Å²) in [4.78, 5) is 38.0. The quantitative estimate of drug-likeness (QED) is 0.0261. The number of carbonyl (C=O) groups is 3. The molecule has 6 nitrogen and oxygen atoms in total. The Kier molecular flexibility index (Phi) is 56.9. The molecule has 0 aliphatic carbocycles. The molecule has 0 heterocycles. The molecule has 0 N–H and O–H groups in total. The van der Waals surface area contributed by atoms with E-state index in [-0.39, 0.29) is 38.0 Å². The van der Waals surface area contributed by atoms with Gasteiger partial charge in [0.25, 0.3) is 0 Å². The van der Waals surface area contributed by atoms with E-state index in [9.17, 15) is 14.4 Å². The third-order valence-electron chi connectivity index (χ3n) is 12.5. The molecule has 0 aromatic carbocycles. The van der Waals surface area contributed by atoms with E-state index in [1.807, 2.05) is 24.3 Å². The van der Waals surface area contributed by atoms with Gasteiger partial charge in [0.05, 0.1) is 0 Å². The first-order chi connectivity index (χ1) is 36.0. The maximum atomic E-state index is 12.8. The average molecular weight is 1010 g/mol. The Morgan fingerprint density at radius 1 is 0.288 bits per heavy atom. The van der Waals surface area contributed by atoms with Crippen molar-refractivity contribution in [3.63, 3.8) is 0 Å². The van der Waals surface area contributed by atoms with Crippen molar-refractivity contribution < 1.29 is 28.6 Å². The molecule has 0 amide bonds. The lowest BCUT2D eigenvalue weighted by Gasteiger charge is -2.18. The first kappa shape index (κ1) is 68.8. The van der Waals surface area contributed by atoms with Gasteiger partial charge in [-0.05, 0) is 103 Å². The van der Waals surface area contributed by atoms with Gasteiger partial charge in [-0.1, -0.05) is 264 Å². The maximum absolute atomic E-state index is 12.8. The first-order valence-corrected chi connectivity index (χ1v) is 30.0. The standard InChI is InChI=1S/C67H110O6/c1-4-7-10-13-16-19-22-25-26-27-28-29-30-31-32-33-34-35-36-37-38-39-40-43-45-48-51-54-57-60-66(69)72-63-64(73-67(70)61-58-55-52-49-46-42-24-21-18-15-12-9-6-3)62-71-65(68)59-56-53-50-47-44-41-23-20-17-14-11-8-5-2/h8-9,11-12,17-18,20-22,25,27-28,41-42,44,46,50,52-53,55,64H,4-7,10,13-16,19,23-24,26,29-40,43,45,47-49,51,54,56-63H2,1-3H3/b11-8-,12-9-,20-17-,21-18-,25-22-,28-27-,44-41-,46-42-,53-50-,55-52-. The fourth-order valence-electron chi connectivity index (χ4n) is 8.03. The van der Waals surface area contributed by atoms with Crippen molar-refractivity contribution in [2.45, 2.75) is 271 Å². The lowest BCUT2D eigenvalue weighted by Crippen LogP contribution is -2.30. The lowest BCUT2D eigenvalue weighted by atomic mass is 10.0. The molecule has 0 saturated carbocycles. The van der Waals surface area contributed by atoms with Crippen molar-refractivity contribution in [1.82, 2.24) is 0 Å². The van der Waals surface area contributed by atoms with Gasteiger partial charge in [-0.2, -0.15) is 0 Å². The van der Waals surface area contributed by atoms with Crippen LogP contribution in [0.5, 0.6) is 0 Å². The predicted octanol–water partition coefficient (Wildman–Crippen LogP) is 20.4. The van der Waals surface area contributed by atoms with Crippen molar-refractivity contribution in [1.29, 1.82) is 0 Å². The minimum absolute atomic E-state index is 0.130. The zero-order valence-electron chi connectivity index (χ0n) is 47.4. The Labute approximate surface area is 450 Å². The second-order valence-corrected chi connectivity index (χ2v) is 19.5. The van der Waals surface area contributed by atoms with E-state index in [0.717, 1.165) is 77.0 Å². The summed E-state index contributed by atoms with van der Waals surface area (Å²) in [6, 6.07) is 0. The van der Waals surface area contributed by atoms with Crippen LogP contribution in [0, 0.1) is 0 Å². The number of allylic oxidation sites excluding steroid dienone is 20. The van der Waals surface area contributed by atoms with Crippen LogP contribution in [0.25, 0.3) is 0 Å². The third kappa shape index (κ3) is 58.6. The fraction of sp³-hybridized carbons (Fsp3) is 0.657. The van der Waals surface area contributed by atoms with E-state index in [2.05, 4.69) is 118 Å². The van der Waals surface area contributed by atoms with E-state index >= 15 is 0 Å². The number of esters is 3. The van der Waals surface area contributed by atoms with Crippen LogP contribution in [0.3, 0.4) is 0 Å². The van der Waals surface area contributed by atoms with E-state index in [0.29, 0.717) is 19.3 Å². The van der Waals surface area contributed by atoms with E-state index in [1.165, 1.54) is 135 Å². The highest BCUT2D eigenvalue weighted by atomic mass is 16.6. The molecule has 0 aromatic heterocycles. The fourth-order valence-corrected chi connectivity index (χ4v) is 8.03. The summed E-state index contributed by atoms with van der Waals surface area (Å²) < 4.78 is 16.7. The molecule has 73 heavy (non-hydrogen) atoms. The van der Waals surface area contributed by atoms with Crippen molar-refractivity contribution in [3.8, 4) is 0 Å². The Morgan fingerprint density at radius 3 is 0.918 bits per heavy atom. The topological polar surface area (TPSA) is 78.9 Å². The van der Waals surface area contributed by atoms with Gasteiger partial charge >= 0.3 is 17.9 Å². The molecule has 0 spiro atoms. The number of ether oxygens (including phenoxy) is 3. The second kappa shape index (κ2) is 60.4. The van der Waals surface area contributed by atoms with Gasteiger partial charge in [0.15, 0.2) is 6.10 Å². The normalized spacial score (nSPS) is 13.0. The van der Waals surface area contributed by atoms with Crippen LogP contribution in [-0.4, -0.2) is 37.2 Å². The van der Waals surface area contributed by atoms with Gasteiger partial charge in [0, 0.05) is 19.3 Å². The summed E-state index contributed by atoms with van der Waals surface area (Å²) in [5, 5.41) is 0. The summed E-state index contributed by atoms with van der Waals surface area (Å²) in [5.41, 5.74) is 0. The molecule has 0 fully saturated rings. The summed E-state index contributed by atoms with van der Waals surface area (Å²) in [6.07, 6.45) is 84.0. The second-order valence-electron chi connectivity index (χ2n) is 19.5. The van der Waals surface area contributed by atoms with Gasteiger partial charge < -0.3 is 14.2 Å². The monoisotopic (exact) mass is 1010 g/mol. The zero-order chi connectivity index (χ0) is 52.9. The molecule has 0 aliphatic rings. The maximum Gasteiger partial charge on any atom is 0.306 e. The van der Waals surface area contributed by atoms with Gasteiger partial charge in [0.2, 0.25) is 0 Å². The molecular formula is C67H110O6. The Balaban J connectivity index is 4.27. The van der Waals surface area contributed by atoms with E-state index in [4.69, 9.17) is 14.2 Å². The molecule has 6 heteroatoms. The van der Waals surface area contributed by atoms with Crippen LogP contribution in [0.4, 0.5) is 0 Å². The van der Waals surface area contributed by atoms with Crippen LogP contribution in [-0.2, 0) is 28.6 Å².